The van der Waals surface area contributed by atoms with Crippen LogP contribution in [0.15, 0.2) is 0 Å². The Bertz CT molecular complexity index is 378. The minimum absolute atomic E-state index is 0.825. The highest BCUT2D eigenvalue weighted by Gasteiger charge is 2.10. The van der Waals surface area contributed by atoms with Crippen molar-refractivity contribution in [3.8, 4) is 0 Å². The molecule has 27 heavy (non-hydrogen) atoms. The lowest BCUT2D eigenvalue weighted by Crippen LogP contribution is -2.27. The van der Waals surface area contributed by atoms with Gasteiger partial charge in [0.25, 0.3) is 0 Å². The number of unbranched alkanes of at least 4 members (excludes halogenated alkanes) is 12. The van der Waals surface area contributed by atoms with Crippen molar-refractivity contribution in [2.75, 3.05) is 14.1 Å². The molecule has 0 amide bonds. The molecule has 0 aromatic rings. The highest BCUT2D eigenvalue weighted by molar-refractivity contribution is 7.79. The zero-order chi connectivity index (χ0) is 21.0. The van der Waals surface area contributed by atoms with Gasteiger partial charge in [0.1, 0.15) is 0 Å². The van der Waals surface area contributed by atoms with Gasteiger partial charge in [0, 0.05) is 6.04 Å². The topological polar surface area (TPSA) is 77.8 Å². The highest BCUT2D eigenvalue weighted by Crippen LogP contribution is 2.17. The Morgan fingerprint density at radius 1 is 0.630 bits per heavy atom. The van der Waals surface area contributed by atoms with Gasteiger partial charge in [-0.05, 0) is 26.9 Å². The van der Waals surface area contributed by atoms with Gasteiger partial charge in [-0.3, -0.25) is 9.11 Å². The van der Waals surface area contributed by atoms with Crippen LogP contribution in [0, 0.1) is 0 Å². The van der Waals surface area contributed by atoms with E-state index in [0.29, 0.717) is 0 Å². The van der Waals surface area contributed by atoms with Gasteiger partial charge in [0.15, 0.2) is 0 Å². The molecule has 0 rings (SSSR count). The van der Waals surface area contributed by atoms with Crippen LogP contribution in [0.4, 0.5) is 0 Å². The molecule has 0 spiro atoms. The van der Waals surface area contributed by atoms with E-state index in [9.17, 15) is 0 Å². The van der Waals surface area contributed by atoms with Crippen LogP contribution in [0.2, 0.25) is 0 Å². The Morgan fingerprint density at radius 3 is 1.15 bits per heavy atom. The lowest BCUT2D eigenvalue weighted by molar-refractivity contribution is 0.251. The fourth-order valence-corrected chi connectivity index (χ4v) is 3.33. The van der Waals surface area contributed by atoms with Crippen LogP contribution in [0.1, 0.15) is 117 Å². The summed E-state index contributed by atoms with van der Waals surface area (Å²) in [5.74, 6) is 0. The molecule has 1 atom stereocenters. The molecule has 0 aliphatic rings. The molecule has 0 aromatic heterocycles. The quantitative estimate of drug-likeness (QED) is 0.210. The van der Waals surface area contributed by atoms with Crippen molar-refractivity contribution in [3.63, 3.8) is 0 Å². The molecular formula is C21H47NO4S. The minimum atomic E-state index is -4.67. The zero-order valence-corrected chi connectivity index (χ0v) is 19.3. The van der Waals surface area contributed by atoms with Gasteiger partial charge in [0.05, 0.1) is 0 Å². The fraction of sp³-hybridized carbons (Fsp3) is 1.00. The van der Waals surface area contributed by atoms with Gasteiger partial charge >= 0.3 is 10.4 Å². The van der Waals surface area contributed by atoms with Crippen molar-refractivity contribution in [2.24, 2.45) is 0 Å². The molecule has 0 heterocycles. The molecule has 5 nitrogen and oxygen atoms in total. The first-order chi connectivity index (χ1) is 12.7. The summed E-state index contributed by atoms with van der Waals surface area (Å²) in [5.41, 5.74) is 0. The lowest BCUT2D eigenvalue weighted by Gasteiger charge is -2.24. The minimum Gasteiger partial charge on any atom is -0.306 e. The molecule has 1 unspecified atom stereocenters. The number of rotatable bonds is 17. The largest absolute Gasteiger partial charge is 0.394 e. The van der Waals surface area contributed by atoms with Crippen molar-refractivity contribution >= 4 is 10.4 Å². The molecule has 2 N–H and O–H groups in total. The molecule has 0 aliphatic carbocycles. The maximum Gasteiger partial charge on any atom is 0.394 e. The standard InChI is InChI=1S/C21H45N.H2O4S/c1-5-7-9-11-13-14-16-18-20-21(22(3)4)19-17-15-12-10-8-6-2;1-5(2,3)4/h21H,5-20H2,1-4H3;(H2,1,2,3,4). The Kier molecular flexibility index (Phi) is 22.1. The number of nitrogens with zero attached hydrogens (tertiary/aromatic N) is 1. The zero-order valence-electron chi connectivity index (χ0n) is 18.5. The fourth-order valence-electron chi connectivity index (χ4n) is 3.33. The third kappa shape index (κ3) is 30.8. The third-order valence-corrected chi connectivity index (χ3v) is 5.01. The predicted molar refractivity (Wildman–Crippen MR) is 117 cm³/mol. The third-order valence-electron chi connectivity index (χ3n) is 5.01. The summed E-state index contributed by atoms with van der Waals surface area (Å²) in [6.07, 6.45) is 22.9. The van der Waals surface area contributed by atoms with Crippen LogP contribution < -0.4 is 0 Å². The van der Waals surface area contributed by atoms with Crippen LogP contribution in [-0.4, -0.2) is 42.6 Å². The second-order valence-electron chi connectivity index (χ2n) is 7.89. The van der Waals surface area contributed by atoms with Crippen LogP contribution in [0.3, 0.4) is 0 Å². The van der Waals surface area contributed by atoms with Gasteiger partial charge in [-0.25, -0.2) is 0 Å². The van der Waals surface area contributed by atoms with E-state index in [1.807, 2.05) is 0 Å². The van der Waals surface area contributed by atoms with Gasteiger partial charge < -0.3 is 4.90 Å². The Balaban J connectivity index is 0. The lowest BCUT2D eigenvalue weighted by atomic mass is 9.99. The van der Waals surface area contributed by atoms with Crippen molar-refractivity contribution in [2.45, 2.75) is 123 Å². The molecule has 0 aliphatic heterocycles. The smallest absolute Gasteiger partial charge is 0.306 e. The van der Waals surface area contributed by atoms with Crippen molar-refractivity contribution in [1.29, 1.82) is 0 Å². The number of hydrogen-bond donors (Lipinski definition) is 2. The Labute approximate surface area is 169 Å². The van der Waals surface area contributed by atoms with Gasteiger partial charge in [-0.1, -0.05) is 104 Å². The van der Waals surface area contributed by atoms with E-state index in [1.165, 1.54) is 103 Å². The molecular weight excluding hydrogens is 362 g/mol. The van der Waals surface area contributed by atoms with Crippen molar-refractivity contribution in [3.05, 3.63) is 0 Å². The van der Waals surface area contributed by atoms with Crippen LogP contribution in [-0.2, 0) is 10.4 Å². The molecule has 0 aromatic carbocycles. The van der Waals surface area contributed by atoms with Crippen LogP contribution in [0.25, 0.3) is 0 Å². The Hall–Kier alpha value is -0.170. The molecule has 0 radical (unpaired) electrons. The van der Waals surface area contributed by atoms with E-state index >= 15 is 0 Å². The second kappa shape index (κ2) is 20.6. The maximum atomic E-state index is 8.74. The van der Waals surface area contributed by atoms with Gasteiger partial charge in [0.2, 0.25) is 0 Å². The van der Waals surface area contributed by atoms with E-state index in [0.717, 1.165) is 6.04 Å². The van der Waals surface area contributed by atoms with E-state index < -0.39 is 10.4 Å². The molecule has 166 valence electrons. The van der Waals surface area contributed by atoms with E-state index in [2.05, 4.69) is 32.8 Å². The molecule has 0 saturated heterocycles. The van der Waals surface area contributed by atoms with Gasteiger partial charge in [-0.2, -0.15) is 8.42 Å². The summed E-state index contributed by atoms with van der Waals surface area (Å²) in [4.78, 5) is 2.47. The summed E-state index contributed by atoms with van der Waals surface area (Å²) < 4.78 is 31.6. The second-order valence-corrected chi connectivity index (χ2v) is 8.78. The molecule has 0 fully saturated rings. The number of hydrogen-bond acceptors (Lipinski definition) is 3. The molecule has 0 bridgehead atoms. The van der Waals surface area contributed by atoms with E-state index in [1.54, 1.807) is 0 Å². The summed E-state index contributed by atoms with van der Waals surface area (Å²) in [6.45, 7) is 4.59. The highest BCUT2D eigenvalue weighted by atomic mass is 32.3. The first-order valence-corrected chi connectivity index (χ1v) is 12.5. The normalized spacial score (nSPS) is 12.7. The summed E-state index contributed by atoms with van der Waals surface area (Å²) in [5, 5.41) is 0. The summed E-state index contributed by atoms with van der Waals surface area (Å²) >= 11 is 0. The van der Waals surface area contributed by atoms with Crippen molar-refractivity contribution < 1.29 is 17.5 Å². The van der Waals surface area contributed by atoms with Gasteiger partial charge in [-0.15, -0.1) is 0 Å². The van der Waals surface area contributed by atoms with E-state index in [-0.39, 0.29) is 0 Å². The first-order valence-electron chi connectivity index (χ1n) is 11.1. The van der Waals surface area contributed by atoms with E-state index in [4.69, 9.17) is 17.5 Å². The molecule has 0 saturated carbocycles. The SMILES string of the molecule is CCCCCCCCCCC(CCCCCCCC)N(C)C.O=S(=O)(O)O. The summed E-state index contributed by atoms with van der Waals surface area (Å²) in [7, 11) is -0.126. The maximum absolute atomic E-state index is 8.74. The van der Waals surface area contributed by atoms with Crippen LogP contribution >= 0.6 is 0 Å². The van der Waals surface area contributed by atoms with Crippen molar-refractivity contribution in [1.82, 2.24) is 4.90 Å². The monoisotopic (exact) mass is 409 g/mol. The molecule has 6 heteroatoms. The predicted octanol–water partition coefficient (Wildman–Crippen LogP) is 6.55. The summed E-state index contributed by atoms with van der Waals surface area (Å²) in [6, 6.07) is 0.825. The van der Waals surface area contributed by atoms with Crippen LogP contribution in [0.5, 0.6) is 0 Å². The Morgan fingerprint density at radius 2 is 0.889 bits per heavy atom. The average Bonchev–Trinajstić information content (AvgIpc) is 2.56. The average molecular weight is 410 g/mol. The first kappa shape index (κ1) is 29.0.